The molecule has 0 atom stereocenters. The van der Waals surface area contributed by atoms with Gasteiger partial charge in [-0.25, -0.2) is 4.98 Å². The highest BCUT2D eigenvalue weighted by molar-refractivity contribution is 7.22. The Morgan fingerprint density at radius 1 is 1.11 bits per heavy atom. The van der Waals surface area contributed by atoms with Crippen molar-refractivity contribution in [2.45, 2.75) is 6.92 Å². The van der Waals surface area contributed by atoms with Crippen molar-refractivity contribution in [3.8, 4) is 5.75 Å². The first-order valence-corrected chi connectivity index (χ1v) is 10.00. The number of aryl methyl sites for hydroxylation is 1. The fourth-order valence-electron chi connectivity index (χ4n) is 3.22. The molecule has 4 rings (SSSR count). The molecule has 1 saturated heterocycles. The summed E-state index contributed by atoms with van der Waals surface area (Å²) in [6, 6.07) is 11.4. The van der Waals surface area contributed by atoms with Crippen LogP contribution in [-0.4, -0.2) is 49.1 Å². The summed E-state index contributed by atoms with van der Waals surface area (Å²) >= 11 is 7.89. The van der Waals surface area contributed by atoms with Gasteiger partial charge in [-0.1, -0.05) is 40.6 Å². The molecule has 1 amide bonds. The molecule has 2 aromatic carbocycles. The van der Waals surface area contributed by atoms with E-state index in [1.807, 2.05) is 48.2 Å². The Balaban J connectivity index is 1.49. The van der Waals surface area contributed by atoms with E-state index in [2.05, 4.69) is 4.90 Å². The highest BCUT2D eigenvalue weighted by atomic mass is 35.5. The van der Waals surface area contributed by atoms with Gasteiger partial charge in [-0.2, -0.15) is 0 Å². The van der Waals surface area contributed by atoms with Gasteiger partial charge in [0, 0.05) is 31.7 Å². The Morgan fingerprint density at radius 3 is 2.48 bits per heavy atom. The van der Waals surface area contributed by atoms with Crippen LogP contribution in [0.15, 0.2) is 36.4 Å². The lowest BCUT2D eigenvalue weighted by Gasteiger charge is -2.34. The Kier molecular flexibility index (Phi) is 4.93. The molecular weight excluding hydrogens is 382 g/mol. The van der Waals surface area contributed by atoms with Gasteiger partial charge < -0.3 is 14.5 Å². The van der Waals surface area contributed by atoms with Crippen LogP contribution in [0.3, 0.4) is 0 Å². The quantitative estimate of drug-likeness (QED) is 0.658. The van der Waals surface area contributed by atoms with Gasteiger partial charge in [-0.3, -0.25) is 4.79 Å². The number of methoxy groups -OCH3 is 1. The zero-order valence-electron chi connectivity index (χ0n) is 15.2. The third kappa shape index (κ3) is 3.47. The zero-order chi connectivity index (χ0) is 19.0. The molecule has 0 unspecified atom stereocenters. The Morgan fingerprint density at radius 2 is 1.81 bits per heavy atom. The topological polar surface area (TPSA) is 45.7 Å². The Bertz CT molecular complexity index is 979. The standard InChI is InChI=1S/C20H20ClN3O2S/c1-13-3-5-14(6-4-13)19(25)23-9-11-24(12-10-23)20-22-17-16(26-2)8-7-15(21)18(17)27-20/h3-8H,9-12H2,1-2H3. The highest BCUT2D eigenvalue weighted by Gasteiger charge is 2.24. The molecule has 0 saturated carbocycles. The maximum atomic E-state index is 12.7. The van der Waals surface area contributed by atoms with Crippen molar-refractivity contribution in [1.82, 2.24) is 9.88 Å². The third-order valence-electron chi connectivity index (χ3n) is 4.80. The lowest BCUT2D eigenvalue weighted by atomic mass is 10.1. The summed E-state index contributed by atoms with van der Waals surface area (Å²) in [6.07, 6.45) is 0. The molecule has 1 aliphatic heterocycles. The van der Waals surface area contributed by atoms with Gasteiger partial charge in [0.1, 0.15) is 11.3 Å². The number of anilines is 1. The number of halogens is 1. The van der Waals surface area contributed by atoms with E-state index in [-0.39, 0.29) is 5.91 Å². The lowest BCUT2D eigenvalue weighted by molar-refractivity contribution is 0.0747. The molecule has 1 aliphatic rings. The summed E-state index contributed by atoms with van der Waals surface area (Å²) in [4.78, 5) is 21.5. The maximum Gasteiger partial charge on any atom is 0.253 e. The fourth-order valence-corrected chi connectivity index (χ4v) is 4.53. The van der Waals surface area contributed by atoms with Crippen molar-refractivity contribution in [3.63, 3.8) is 0 Å². The van der Waals surface area contributed by atoms with Gasteiger partial charge in [0.25, 0.3) is 5.91 Å². The SMILES string of the molecule is COc1ccc(Cl)c2sc(N3CCN(C(=O)c4ccc(C)cc4)CC3)nc12. The predicted molar refractivity (Wildman–Crippen MR) is 110 cm³/mol. The summed E-state index contributed by atoms with van der Waals surface area (Å²) in [6.45, 7) is 4.86. The molecule has 3 aromatic rings. The fraction of sp³-hybridized carbons (Fsp3) is 0.300. The van der Waals surface area contributed by atoms with E-state index < -0.39 is 0 Å². The predicted octanol–water partition coefficient (Wildman–Crippen LogP) is 4.23. The van der Waals surface area contributed by atoms with E-state index >= 15 is 0 Å². The summed E-state index contributed by atoms with van der Waals surface area (Å²) in [7, 11) is 1.64. The number of hydrogen-bond acceptors (Lipinski definition) is 5. The van der Waals surface area contributed by atoms with E-state index in [4.69, 9.17) is 21.3 Å². The average molecular weight is 402 g/mol. The van der Waals surface area contributed by atoms with Crippen LogP contribution in [0.25, 0.3) is 10.2 Å². The molecule has 140 valence electrons. The number of ether oxygens (including phenoxy) is 1. The number of aromatic nitrogens is 1. The van der Waals surface area contributed by atoms with Crippen molar-refractivity contribution in [2.24, 2.45) is 0 Å². The van der Waals surface area contributed by atoms with Crippen LogP contribution in [0.4, 0.5) is 5.13 Å². The van der Waals surface area contributed by atoms with E-state index in [1.54, 1.807) is 18.4 Å². The van der Waals surface area contributed by atoms with Crippen molar-refractivity contribution in [2.75, 3.05) is 38.2 Å². The second kappa shape index (κ2) is 7.37. The molecule has 0 aliphatic carbocycles. The first-order valence-electron chi connectivity index (χ1n) is 8.81. The number of hydrogen-bond donors (Lipinski definition) is 0. The summed E-state index contributed by atoms with van der Waals surface area (Å²) < 4.78 is 6.34. The molecule has 0 bridgehead atoms. The van der Waals surface area contributed by atoms with Gasteiger partial charge in [0.2, 0.25) is 0 Å². The largest absolute Gasteiger partial charge is 0.494 e. The smallest absolute Gasteiger partial charge is 0.253 e. The molecule has 1 aromatic heterocycles. The minimum atomic E-state index is 0.0867. The van der Waals surface area contributed by atoms with Gasteiger partial charge in [0.15, 0.2) is 5.13 Å². The van der Waals surface area contributed by atoms with E-state index in [1.165, 1.54) is 0 Å². The van der Waals surface area contributed by atoms with Crippen molar-refractivity contribution in [3.05, 3.63) is 52.5 Å². The second-order valence-corrected chi connectivity index (χ2v) is 7.95. The van der Waals surface area contributed by atoms with Crippen LogP contribution in [0, 0.1) is 6.92 Å². The van der Waals surface area contributed by atoms with Crippen LogP contribution in [0.2, 0.25) is 5.02 Å². The monoisotopic (exact) mass is 401 g/mol. The molecule has 0 radical (unpaired) electrons. The number of piperazine rings is 1. The Hall–Kier alpha value is -2.31. The van der Waals surface area contributed by atoms with E-state index in [0.29, 0.717) is 18.1 Å². The number of fused-ring (bicyclic) bond motifs is 1. The number of rotatable bonds is 3. The van der Waals surface area contributed by atoms with Crippen LogP contribution in [-0.2, 0) is 0 Å². The van der Waals surface area contributed by atoms with Gasteiger partial charge in [-0.05, 0) is 31.2 Å². The average Bonchev–Trinajstić information content (AvgIpc) is 3.15. The molecule has 2 heterocycles. The third-order valence-corrected chi connectivity index (χ3v) is 6.38. The highest BCUT2D eigenvalue weighted by Crippen LogP contribution is 2.38. The molecule has 0 spiro atoms. The molecular formula is C20H20ClN3O2S. The van der Waals surface area contributed by atoms with Gasteiger partial charge in [0.05, 0.1) is 16.8 Å². The van der Waals surface area contributed by atoms with Crippen molar-refractivity contribution >= 4 is 44.2 Å². The van der Waals surface area contributed by atoms with Gasteiger partial charge >= 0.3 is 0 Å². The van der Waals surface area contributed by atoms with Gasteiger partial charge in [-0.15, -0.1) is 0 Å². The molecule has 7 heteroatoms. The number of thiazole rings is 1. The normalized spacial score (nSPS) is 14.6. The molecule has 0 N–H and O–H groups in total. The van der Waals surface area contributed by atoms with Crippen molar-refractivity contribution < 1.29 is 9.53 Å². The minimum Gasteiger partial charge on any atom is -0.494 e. The number of amides is 1. The molecule has 1 fully saturated rings. The summed E-state index contributed by atoms with van der Waals surface area (Å²) in [5.41, 5.74) is 2.69. The van der Waals surface area contributed by atoms with Crippen LogP contribution >= 0.6 is 22.9 Å². The maximum absolute atomic E-state index is 12.7. The van der Waals surface area contributed by atoms with E-state index in [9.17, 15) is 4.79 Å². The van der Waals surface area contributed by atoms with Crippen LogP contribution in [0.5, 0.6) is 5.75 Å². The first kappa shape index (κ1) is 18.1. The number of carbonyl (C=O) groups is 1. The van der Waals surface area contributed by atoms with Crippen LogP contribution in [0.1, 0.15) is 15.9 Å². The molecule has 27 heavy (non-hydrogen) atoms. The lowest BCUT2D eigenvalue weighted by Crippen LogP contribution is -2.48. The Labute approximate surface area is 167 Å². The summed E-state index contributed by atoms with van der Waals surface area (Å²) in [5.74, 6) is 0.814. The first-order chi connectivity index (χ1) is 13.1. The molecule has 5 nitrogen and oxygen atoms in total. The summed E-state index contributed by atoms with van der Waals surface area (Å²) in [5, 5.41) is 1.60. The number of benzene rings is 2. The second-order valence-electron chi connectivity index (χ2n) is 6.57. The minimum absolute atomic E-state index is 0.0867. The van der Waals surface area contributed by atoms with E-state index in [0.717, 1.165) is 45.3 Å². The zero-order valence-corrected chi connectivity index (χ0v) is 16.8. The van der Waals surface area contributed by atoms with Crippen molar-refractivity contribution in [1.29, 1.82) is 0 Å². The number of nitrogens with zero attached hydrogens (tertiary/aromatic N) is 3. The number of carbonyl (C=O) groups excluding carboxylic acids is 1. The van der Waals surface area contributed by atoms with Crippen LogP contribution < -0.4 is 9.64 Å².